The largest absolute Gasteiger partial charge is 0.508 e. The number of carbonyl (C=O) groups is 1. The number of carboxylic acids is 1. The average molecular weight is 218 g/mol. The van der Waals surface area contributed by atoms with E-state index in [4.69, 9.17) is 15.3 Å². The van der Waals surface area contributed by atoms with Crippen LogP contribution in [0.2, 0.25) is 0 Å². The van der Waals surface area contributed by atoms with Crippen LogP contribution in [0, 0.1) is 0 Å². The summed E-state index contributed by atoms with van der Waals surface area (Å²) < 4.78 is 26.4. The van der Waals surface area contributed by atoms with Gasteiger partial charge in [0.05, 0.1) is 5.56 Å². The third kappa shape index (κ3) is 2.55. The fourth-order valence-electron chi connectivity index (χ4n) is 1.11. The number of hydrogen-bond acceptors (Lipinski definition) is 3. The number of alkyl halides is 2. The zero-order valence-electron chi connectivity index (χ0n) is 7.44. The summed E-state index contributed by atoms with van der Waals surface area (Å²) in [4.78, 5) is 10.2. The molecular formula is C9H8F2O4. The predicted octanol–water partition coefficient (Wildman–Crippen LogP) is 1.66. The van der Waals surface area contributed by atoms with Crippen LogP contribution in [0.5, 0.6) is 11.5 Å². The standard InChI is InChI=1S/C9H8F2O4/c10-9(11,4-8(14)15)6-2-1-5(12)3-7(6)13/h1-3,12-13H,4H2,(H,14,15). The maximum absolute atomic E-state index is 13.2. The molecule has 0 aliphatic heterocycles. The monoisotopic (exact) mass is 218 g/mol. The number of aromatic hydroxyl groups is 2. The molecule has 0 spiro atoms. The van der Waals surface area contributed by atoms with Gasteiger partial charge in [-0.2, -0.15) is 0 Å². The van der Waals surface area contributed by atoms with Gasteiger partial charge in [-0.1, -0.05) is 0 Å². The molecule has 0 saturated carbocycles. The van der Waals surface area contributed by atoms with Crippen LogP contribution in [-0.2, 0) is 10.7 Å². The molecule has 3 N–H and O–H groups in total. The van der Waals surface area contributed by atoms with Crippen molar-refractivity contribution in [3.05, 3.63) is 23.8 Å². The van der Waals surface area contributed by atoms with Gasteiger partial charge in [-0.3, -0.25) is 4.79 Å². The lowest BCUT2D eigenvalue weighted by Gasteiger charge is -2.15. The first-order chi connectivity index (χ1) is 6.83. The zero-order valence-corrected chi connectivity index (χ0v) is 7.44. The molecule has 1 rings (SSSR count). The molecule has 0 heterocycles. The number of carboxylic acid groups (broad SMARTS) is 1. The summed E-state index contributed by atoms with van der Waals surface area (Å²) in [5.41, 5.74) is -0.817. The number of hydrogen-bond donors (Lipinski definition) is 3. The van der Waals surface area contributed by atoms with E-state index < -0.39 is 29.6 Å². The van der Waals surface area contributed by atoms with E-state index in [-0.39, 0.29) is 5.75 Å². The molecule has 4 nitrogen and oxygen atoms in total. The Morgan fingerprint density at radius 1 is 1.33 bits per heavy atom. The van der Waals surface area contributed by atoms with Crippen LogP contribution in [0.15, 0.2) is 18.2 Å². The van der Waals surface area contributed by atoms with E-state index in [2.05, 4.69) is 0 Å². The first-order valence-electron chi connectivity index (χ1n) is 3.95. The molecular weight excluding hydrogens is 210 g/mol. The highest BCUT2D eigenvalue weighted by Crippen LogP contribution is 2.38. The molecule has 1 aromatic rings. The van der Waals surface area contributed by atoms with Gasteiger partial charge in [0.2, 0.25) is 0 Å². The van der Waals surface area contributed by atoms with E-state index in [0.29, 0.717) is 0 Å². The summed E-state index contributed by atoms with van der Waals surface area (Å²) in [7, 11) is 0. The van der Waals surface area contributed by atoms with E-state index in [9.17, 15) is 13.6 Å². The zero-order chi connectivity index (χ0) is 11.6. The van der Waals surface area contributed by atoms with E-state index in [1.165, 1.54) is 0 Å². The minimum absolute atomic E-state index is 0.373. The van der Waals surface area contributed by atoms with E-state index in [0.717, 1.165) is 18.2 Å². The number of benzene rings is 1. The topological polar surface area (TPSA) is 77.8 Å². The van der Waals surface area contributed by atoms with Gasteiger partial charge in [0.25, 0.3) is 5.92 Å². The Morgan fingerprint density at radius 3 is 2.40 bits per heavy atom. The minimum atomic E-state index is -3.66. The van der Waals surface area contributed by atoms with Crippen molar-refractivity contribution in [1.29, 1.82) is 0 Å². The van der Waals surface area contributed by atoms with E-state index >= 15 is 0 Å². The predicted molar refractivity (Wildman–Crippen MR) is 45.9 cm³/mol. The van der Waals surface area contributed by atoms with Crippen molar-refractivity contribution >= 4 is 5.97 Å². The summed E-state index contributed by atoms with van der Waals surface area (Å²) in [5, 5.41) is 26.2. The second-order valence-electron chi connectivity index (χ2n) is 2.98. The Balaban J connectivity index is 3.09. The van der Waals surface area contributed by atoms with E-state index in [1.807, 2.05) is 0 Å². The average Bonchev–Trinajstić information content (AvgIpc) is 1.99. The molecule has 6 heteroatoms. The van der Waals surface area contributed by atoms with Gasteiger partial charge in [0.15, 0.2) is 0 Å². The Bertz CT molecular complexity index is 390. The number of halogens is 2. The van der Waals surface area contributed by atoms with Gasteiger partial charge in [0, 0.05) is 6.07 Å². The summed E-state index contributed by atoms with van der Waals surface area (Å²) in [6.45, 7) is 0. The van der Waals surface area contributed by atoms with Gasteiger partial charge in [-0.25, -0.2) is 8.78 Å². The molecule has 0 amide bonds. The minimum Gasteiger partial charge on any atom is -0.508 e. The van der Waals surface area contributed by atoms with Gasteiger partial charge in [-0.05, 0) is 12.1 Å². The van der Waals surface area contributed by atoms with Crippen LogP contribution in [0.4, 0.5) is 8.78 Å². The fraction of sp³-hybridized carbons (Fsp3) is 0.222. The lowest BCUT2D eigenvalue weighted by molar-refractivity contribution is -0.145. The molecule has 1 aromatic carbocycles. The van der Waals surface area contributed by atoms with Crippen LogP contribution in [0.25, 0.3) is 0 Å². The third-order valence-electron chi connectivity index (χ3n) is 1.75. The summed E-state index contributed by atoms with van der Waals surface area (Å²) >= 11 is 0. The van der Waals surface area contributed by atoms with Crippen molar-refractivity contribution in [2.75, 3.05) is 0 Å². The van der Waals surface area contributed by atoms with Crippen molar-refractivity contribution < 1.29 is 28.9 Å². The molecule has 82 valence electrons. The first kappa shape index (κ1) is 11.2. The van der Waals surface area contributed by atoms with E-state index in [1.54, 1.807) is 0 Å². The Morgan fingerprint density at radius 2 is 1.93 bits per heavy atom. The van der Waals surface area contributed by atoms with Crippen molar-refractivity contribution in [2.45, 2.75) is 12.3 Å². The Hall–Kier alpha value is -1.85. The maximum Gasteiger partial charge on any atom is 0.309 e. The van der Waals surface area contributed by atoms with Crippen molar-refractivity contribution in [1.82, 2.24) is 0 Å². The molecule has 0 atom stereocenters. The maximum atomic E-state index is 13.2. The molecule has 0 saturated heterocycles. The Labute approximate surface area is 83.4 Å². The third-order valence-corrected chi connectivity index (χ3v) is 1.75. The van der Waals surface area contributed by atoms with Gasteiger partial charge >= 0.3 is 5.97 Å². The van der Waals surface area contributed by atoms with Crippen LogP contribution in [0.3, 0.4) is 0 Å². The van der Waals surface area contributed by atoms with Gasteiger partial charge in [0.1, 0.15) is 17.9 Å². The highest BCUT2D eigenvalue weighted by Gasteiger charge is 2.37. The molecule has 0 fully saturated rings. The van der Waals surface area contributed by atoms with Crippen molar-refractivity contribution in [3.63, 3.8) is 0 Å². The highest BCUT2D eigenvalue weighted by molar-refractivity contribution is 5.68. The molecule has 0 aliphatic rings. The molecule has 15 heavy (non-hydrogen) atoms. The number of phenolic OH excluding ortho intramolecular Hbond substituents is 2. The smallest absolute Gasteiger partial charge is 0.309 e. The molecule has 0 unspecified atom stereocenters. The molecule has 0 bridgehead atoms. The Kier molecular flexibility index (Phi) is 2.78. The fourth-order valence-corrected chi connectivity index (χ4v) is 1.11. The number of aliphatic carboxylic acids is 1. The lowest BCUT2D eigenvalue weighted by Crippen LogP contribution is -2.18. The normalized spacial score (nSPS) is 11.3. The summed E-state index contributed by atoms with van der Waals surface area (Å²) in [5.74, 6) is -6.54. The van der Waals surface area contributed by atoms with Crippen LogP contribution >= 0.6 is 0 Å². The van der Waals surface area contributed by atoms with Crippen LogP contribution < -0.4 is 0 Å². The van der Waals surface area contributed by atoms with Crippen molar-refractivity contribution in [2.24, 2.45) is 0 Å². The quantitative estimate of drug-likeness (QED) is 0.721. The number of rotatable bonds is 3. The van der Waals surface area contributed by atoms with Gasteiger partial charge in [-0.15, -0.1) is 0 Å². The molecule has 0 aromatic heterocycles. The summed E-state index contributed by atoms with van der Waals surface area (Å²) in [6, 6.07) is 2.46. The molecule has 0 radical (unpaired) electrons. The van der Waals surface area contributed by atoms with Crippen molar-refractivity contribution in [3.8, 4) is 11.5 Å². The molecule has 0 aliphatic carbocycles. The van der Waals surface area contributed by atoms with Gasteiger partial charge < -0.3 is 15.3 Å². The second-order valence-corrected chi connectivity index (χ2v) is 2.98. The SMILES string of the molecule is O=C(O)CC(F)(F)c1ccc(O)cc1O. The first-order valence-corrected chi connectivity index (χ1v) is 3.95. The van der Waals surface area contributed by atoms with Crippen LogP contribution in [-0.4, -0.2) is 21.3 Å². The summed E-state index contributed by atoms with van der Waals surface area (Å²) in [6.07, 6.45) is -1.41. The highest BCUT2D eigenvalue weighted by atomic mass is 19.3. The second kappa shape index (κ2) is 3.72. The number of phenols is 2. The van der Waals surface area contributed by atoms with Crippen LogP contribution in [0.1, 0.15) is 12.0 Å². The lowest BCUT2D eigenvalue weighted by atomic mass is 10.0.